The van der Waals surface area contributed by atoms with Gasteiger partial charge in [-0.2, -0.15) is 0 Å². The van der Waals surface area contributed by atoms with E-state index in [0.717, 1.165) is 12.3 Å². The van der Waals surface area contributed by atoms with Gasteiger partial charge in [-0.1, -0.05) is 12.8 Å². The van der Waals surface area contributed by atoms with Crippen molar-refractivity contribution in [2.45, 2.75) is 56.5 Å². The van der Waals surface area contributed by atoms with E-state index in [1.807, 2.05) is 0 Å². The average Bonchev–Trinajstić information content (AvgIpc) is 3.03. The number of fused-ring (bicyclic) bond motifs is 3. The molecule has 1 amide bonds. The zero-order valence-corrected chi connectivity index (χ0v) is 9.17. The van der Waals surface area contributed by atoms with Crippen LogP contribution in [0.1, 0.15) is 44.9 Å². The van der Waals surface area contributed by atoms with E-state index in [9.17, 15) is 4.79 Å². The third kappa shape index (κ3) is 1.48. The minimum absolute atomic E-state index is 0.0937. The van der Waals surface area contributed by atoms with Gasteiger partial charge in [-0.05, 0) is 43.9 Å². The summed E-state index contributed by atoms with van der Waals surface area (Å²) in [7, 11) is 0. The first-order valence-electron chi connectivity index (χ1n) is 6.28. The van der Waals surface area contributed by atoms with Gasteiger partial charge >= 0.3 is 0 Å². The summed E-state index contributed by atoms with van der Waals surface area (Å²) in [6.07, 6.45) is 8.49. The maximum atomic E-state index is 11.8. The Balaban J connectivity index is 1.85. The minimum Gasteiger partial charge on any atom is -0.368 e. The average molecular weight is 208 g/mol. The molecule has 4 saturated carbocycles. The summed E-state index contributed by atoms with van der Waals surface area (Å²) < 4.78 is 0. The topological polar surface area (TPSA) is 55.1 Å². The monoisotopic (exact) mass is 208 g/mol. The fraction of sp³-hybridized carbons (Fsp3) is 0.917. The van der Waals surface area contributed by atoms with Gasteiger partial charge < -0.3 is 11.1 Å². The molecular weight excluding hydrogens is 188 g/mol. The van der Waals surface area contributed by atoms with Crippen molar-refractivity contribution >= 4 is 5.91 Å². The van der Waals surface area contributed by atoms with Crippen molar-refractivity contribution in [3.8, 4) is 0 Å². The van der Waals surface area contributed by atoms with E-state index in [1.165, 1.54) is 38.5 Å². The van der Waals surface area contributed by atoms with Gasteiger partial charge in [0.1, 0.15) is 5.54 Å². The van der Waals surface area contributed by atoms with Crippen LogP contribution in [0.4, 0.5) is 0 Å². The standard InChI is InChI=1S/C12H20N2O/c13-11(15)12(14-10-5-6-10)7-8-1-3-9(12)4-2-8/h8-10,14H,1-7H2,(H2,13,15). The van der Waals surface area contributed by atoms with Crippen molar-refractivity contribution in [1.29, 1.82) is 0 Å². The third-order valence-corrected chi connectivity index (χ3v) is 4.63. The molecule has 4 aliphatic rings. The summed E-state index contributed by atoms with van der Waals surface area (Å²) in [5.74, 6) is 1.16. The van der Waals surface area contributed by atoms with Crippen molar-refractivity contribution < 1.29 is 4.79 Å². The van der Waals surface area contributed by atoms with Crippen LogP contribution in [0.3, 0.4) is 0 Å². The minimum atomic E-state index is -0.331. The summed E-state index contributed by atoms with van der Waals surface area (Å²) in [5.41, 5.74) is 5.33. The Labute approximate surface area is 90.8 Å². The second kappa shape index (κ2) is 3.21. The fourth-order valence-corrected chi connectivity index (χ4v) is 3.62. The second-order valence-electron chi connectivity index (χ2n) is 5.68. The van der Waals surface area contributed by atoms with Crippen molar-refractivity contribution in [2.24, 2.45) is 17.6 Å². The second-order valence-corrected chi connectivity index (χ2v) is 5.68. The SMILES string of the molecule is NC(=O)C1(NC2CC2)CC2CCC1CC2. The number of hydrogen-bond acceptors (Lipinski definition) is 2. The highest BCUT2D eigenvalue weighted by molar-refractivity contribution is 5.85. The molecule has 1 atom stereocenters. The maximum absolute atomic E-state index is 11.8. The number of rotatable bonds is 3. The van der Waals surface area contributed by atoms with E-state index < -0.39 is 0 Å². The molecule has 2 bridgehead atoms. The van der Waals surface area contributed by atoms with Crippen LogP contribution < -0.4 is 11.1 Å². The fourth-order valence-electron chi connectivity index (χ4n) is 3.62. The third-order valence-electron chi connectivity index (χ3n) is 4.63. The molecule has 0 aromatic carbocycles. The van der Waals surface area contributed by atoms with Crippen molar-refractivity contribution in [1.82, 2.24) is 5.32 Å². The molecule has 4 rings (SSSR count). The largest absolute Gasteiger partial charge is 0.368 e. The summed E-state index contributed by atoms with van der Waals surface area (Å²) in [6.45, 7) is 0. The van der Waals surface area contributed by atoms with E-state index in [2.05, 4.69) is 5.32 Å². The lowest BCUT2D eigenvalue weighted by molar-refractivity contribution is -0.131. The van der Waals surface area contributed by atoms with Crippen LogP contribution in [-0.2, 0) is 4.79 Å². The van der Waals surface area contributed by atoms with Gasteiger partial charge in [0.05, 0.1) is 0 Å². The Kier molecular flexibility index (Phi) is 2.06. The van der Waals surface area contributed by atoms with Crippen LogP contribution in [0, 0.1) is 11.8 Å². The molecule has 1 unspecified atom stereocenters. The highest BCUT2D eigenvalue weighted by Gasteiger charge is 2.52. The first kappa shape index (κ1) is 9.64. The Hall–Kier alpha value is -0.570. The molecule has 3 heteroatoms. The lowest BCUT2D eigenvalue weighted by atomic mass is 9.60. The highest BCUT2D eigenvalue weighted by Crippen LogP contribution is 2.48. The molecule has 0 saturated heterocycles. The molecule has 0 heterocycles. The van der Waals surface area contributed by atoms with Gasteiger partial charge in [0.15, 0.2) is 0 Å². The number of nitrogens with two attached hydrogens (primary N) is 1. The normalized spacial score (nSPS) is 44.3. The molecule has 4 fully saturated rings. The van der Waals surface area contributed by atoms with Crippen LogP contribution >= 0.6 is 0 Å². The molecule has 0 aliphatic heterocycles. The lowest BCUT2D eigenvalue weighted by Gasteiger charge is -2.50. The quantitative estimate of drug-likeness (QED) is 0.731. The molecule has 0 radical (unpaired) electrons. The molecule has 3 N–H and O–H groups in total. The predicted octanol–water partition coefficient (Wildman–Crippen LogP) is 1.17. The van der Waals surface area contributed by atoms with Crippen molar-refractivity contribution in [3.05, 3.63) is 0 Å². The zero-order chi connectivity index (χ0) is 10.5. The van der Waals surface area contributed by atoms with E-state index in [-0.39, 0.29) is 11.4 Å². The first-order chi connectivity index (χ1) is 7.21. The van der Waals surface area contributed by atoms with E-state index in [0.29, 0.717) is 12.0 Å². The molecule has 0 aromatic rings. The van der Waals surface area contributed by atoms with Crippen LogP contribution in [0.25, 0.3) is 0 Å². The summed E-state index contributed by atoms with van der Waals surface area (Å²) >= 11 is 0. The summed E-state index contributed by atoms with van der Waals surface area (Å²) in [5, 5.41) is 3.56. The van der Waals surface area contributed by atoms with E-state index >= 15 is 0 Å². The number of nitrogens with one attached hydrogen (secondary N) is 1. The van der Waals surface area contributed by atoms with Crippen LogP contribution in [0.2, 0.25) is 0 Å². The molecule has 15 heavy (non-hydrogen) atoms. The predicted molar refractivity (Wildman–Crippen MR) is 58.1 cm³/mol. The molecule has 4 aliphatic carbocycles. The summed E-state index contributed by atoms with van der Waals surface area (Å²) in [6, 6.07) is 0.580. The van der Waals surface area contributed by atoms with Gasteiger partial charge in [0, 0.05) is 6.04 Å². The number of carbonyl (C=O) groups excluding carboxylic acids is 1. The van der Waals surface area contributed by atoms with Crippen molar-refractivity contribution in [2.75, 3.05) is 0 Å². The highest BCUT2D eigenvalue weighted by atomic mass is 16.1. The summed E-state index contributed by atoms with van der Waals surface area (Å²) in [4.78, 5) is 11.8. The molecule has 3 nitrogen and oxygen atoms in total. The smallest absolute Gasteiger partial charge is 0.238 e. The number of amides is 1. The Morgan fingerprint density at radius 2 is 1.80 bits per heavy atom. The maximum Gasteiger partial charge on any atom is 0.238 e. The van der Waals surface area contributed by atoms with Crippen LogP contribution in [0.5, 0.6) is 0 Å². The Morgan fingerprint density at radius 1 is 1.13 bits per heavy atom. The van der Waals surface area contributed by atoms with Crippen LogP contribution in [0.15, 0.2) is 0 Å². The molecule has 0 aromatic heterocycles. The Morgan fingerprint density at radius 3 is 2.20 bits per heavy atom. The van der Waals surface area contributed by atoms with Gasteiger partial charge in [0.25, 0.3) is 0 Å². The van der Waals surface area contributed by atoms with Gasteiger partial charge in [-0.25, -0.2) is 0 Å². The number of primary amides is 1. The van der Waals surface area contributed by atoms with Gasteiger partial charge in [-0.15, -0.1) is 0 Å². The molecular formula is C12H20N2O. The molecule has 0 spiro atoms. The van der Waals surface area contributed by atoms with E-state index in [1.54, 1.807) is 0 Å². The lowest BCUT2D eigenvalue weighted by Crippen LogP contribution is -2.65. The number of carbonyl (C=O) groups is 1. The van der Waals surface area contributed by atoms with Crippen LogP contribution in [-0.4, -0.2) is 17.5 Å². The van der Waals surface area contributed by atoms with E-state index in [4.69, 9.17) is 5.73 Å². The Bertz CT molecular complexity index is 275. The molecule has 84 valence electrons. The first-order valence-corrected chi connectivity index (χ1v) is 6.28. The van der Waals surface area contributed by atoms with Gasteiger partial charge in [0.2, 0.25) is 5.91 Å². The van der Waals surface area contributed by atoms with Crippen molar-refractivity contribution in [3.63, 3.8) is 0 Å². The van der Waals surface area contributed by atoms with Gasteiger partial charge in [-0.3, -0.25) is 4.79 Å². The number of hydrogen-bond donors (Lipinski definition) is 2. The zero-order valence-electron chi connectivity index (χ0n) is 9.17.